The van der Waals surface area contributed by atoms with Crippen molar-refractivity contribution in [3.8, 4) is 22.8 Å². The molecular formula is C25H28N4O3. The number of rotatable bonds is 5. The lowest BCUT2D eigenvalue weighted by Crippen LogP contribution is -2.51. The van der Waals surface area contributed by atoms with Crippen LogP contribution in [0.5, 0.6) is 0 Å². The van der Waals surface area contributed by atoms with Gasteiger partial charge in [-0.05, 0) is 31.4 Å². The van der Waals surface area contributed by atoms with E-state index >= 15 is 0 Å². The van der Waals surface area contributed by atoms with Crippen LogP contribution in [0, 0.1) is 0 Å². The van der Waals surface area contributed by atoms with Gasteiger partial charge in [0.15, 0.2) is 0 Å². The molecule has 1 aromatic heterocycles. The minimum atomic E-state index is 0.0398. The monoisotopic (exact) mass is 432 g/mol. The number of likely N-dealkylation sites (tertiary alicyclic amines) is 1. The summed E-state index contributed by atoms with van der Waals surface area (Å²) in [5.41, 5.74) is 2.18. The molecule has 32 heavy (non-hydrogen) atoms. The topological polar surface area (TPSA) is 71.7 Å². The van der Waals surface area contributed by atoms with Crippen LogP contribution in [0.2, 0.25) is 0 Å². The fourth-order valence-corrected chi connectivity index (χ4v) is 4.59. The first kappa shape index (κ1) is 20.8. The Morgan fingerprint density at radius 2 is 1.75 bits per heavy atom. The molecule has 1 atom stereocenters. The van der Waals surface area contributed by atoms with Gasteiger partial charge in [-0.15, -0.1) is 0 Å². The van der Waals surface area contributed by atoms with Crippen LogP contribution in [0.4, 0.5) is 0 Å². The molecule has 0 saturated carbocycles. The third-order valence-electron chi connectivity index (χ3n) is 6.31. The number of nitrogens with zero attached hydrogens (tertiary/aromatic N) is 4. The van der Waals surface area contributed by atoms with Crippen molar-refractivity contribution in [2.75, 3.05) is 39.4 Å². The van der Waals surface area contributed by atoms with Crippen LogP contribution in [0.25, 0.3) is 22.8 Å². The molecule has 3 aromatic rings. The summed E-state index contributed by atoms with van der Waals surface area (Å²) < 4.78 is 11.1. The minimum Gasteiger partial charge on any atom is -0.379 e. The Hall–Kier alpha value is -3.03. The predicted molar refractivity (Wildman–Crippen MR) is 121 cm³/mol. The van der Waals surface area contributed by atoms with Gasteiger partial charge in [0, 0.05) is 37.8 Å². The Kier molecular flexibility index (Phi) is 6.27. The normalized spacial score (nSPS) is 19.8. The Morgan fingerprint density at radius 1 is 0.969 bits per heavy atom. The van der Waals surface area contributed by atoms with Gasteiger partial charge in [-0.3, -0.25) is 9.69 Å². The molecule has 1 unspecified atom stereocenters. The Bertz CT molecular complexity index is 1050. The van der Waals surface area contributed by atoms with Crippen molar-refractivity contribution in [3.05, 3.63) is 60.2 Å². The molecule has 0 aliphatic carbocycles. The van der Waals surface area contributed by atoms with Crippen LogP contribution in [0.1, 0.15) is 29.6 Å². The molecule has 2 aliphatic heterocycles. The van der Waals surface area contributed by atoms with Gasteiger partial charge in [-0.1, -0.05) is 47.6 Å². The van der Waals surface area contributed by atoms with Gasteiger partial charge >= 0.3 is 0 Å². The molecule has 2 aliphatic rings. The number of ether oxygens (including phenoxy) is 1. The van der Waals surface area contributed by atoms with E-state index in [9.17, 15) is 4.79 Å². The van der Waals surface area contributed by atoms with E-state index in [0.29, 0.717) is 22.8 Å². The van der Waals surface area contributed by atoms with Gasteiger partial charge in [0.05, 0.1) is 24.3 Å². The molecule has 2 saturated heterocycles. The minimum absolute atomic E-state index is 0.0398. The fourth-order valence-electron chi connectivity index (χ4n) is 4.59. The number of piperidine rings is 1. The number of benzene rings is 2. The second-order valence-corrected chi connectivity index (χ2v) is 8.40. The van der Waals surface area contributed by atoms with E-state index in [1.807, 2.05) is 59.5 Å². The predicted octanol–water partition coefficient (Wildman–Crippen LogP) is 3.73. The highest BCUT2D eigenvalue weighted by Crippen LogP contribution is 2.28. The summed E-state index contributed by atoms with van der Waals surface area (Å²) in [6.45, 7) is 5.07. The zero-order valence-corrected chi connectivity index (χ0v) is 18.2. The van der Waals surface area contributed by atoms with Gasteiger partial charge in [0.2, 0.25) is 5.82 Å². The summed E-state index contributed by atoms with van der Waals surface area (Å²) >= 11 is 0. The first-order chi connectivity index (χ1) is 15.8. The number of aromatic nitrogens is 2. The highest BCUT2D eigenvalue weighted by atomic mass is 16.5. The molecule has 1 amide bonds. The lowest BCUT2D eigenvalue weighted by atomic mass is 9.98. The van der Waals surface area contributed by atoms with E-state index in [-0.39, 0.29) is 11.9 Å². The zero-order valence-electron chi connectivity index (χ0n) is 18.2. The number of carbonyl (C=O) groups excluding carboxylic acids is 1. The molecule has 5 rings (SSSR count). The molecule has 7 heteroatoms. The number of carbonyl (C=O) groups is 1. The molecule has 0 spiro atoms. The fraction of sp³-hybridized carbons (Fsp3) is 0.400. The molecule has 0 radical (unpaired) electrons. The maximum Gasteiger partial charge on any atom is 0.259 e. The first-order valence-corrected chi connectivity index (χ1v) is 11.4. The third-order valence-corrected chi connectivity index (χ3v) is 6.31. The van der Waals surface area contributed by atoms with Gasteiger partial charge in [0.25, 0.3) is 11.8 Å². The summed E-state index contributed by atoms with van der Waals surface area (Å²) in [6, 6.07) is 17.5. The first-order valence-electron chi connectivity index (χ1n) is 11.4. The summed E-state index contributed by atoms with van der Waals surface area (Å²) in [6.07, 6.45) is 3.22. The van der Waals surface area contributed by atoms with Crippen LogP contribution in [-0.2, 0) is 4.74 Å². The molecule has 0 bridgehead atoms. The Morgan fingerprint density at radius 3 is 2.59 bits per heavy atom. The molecule has 7 nitrogen and oxygen atoms in total. The quantitative estimate of drug-likeness (QED) is 0.612. The van der Waals surface area contributed by atoms with E-state index in [0.717, 1.165) is 64.2 Å². The van der Waals surface area contributed by atoms with E-state index in [1.54, 1.807) is 0 Å². The second-order valence-electron chi connectivity index (χ2n) is 8.40. The lowest BCUT2D eigenvalue weighted by molar-refractivity contribution is 0.0166. The summed E-state index contributed by atoms with van der Waals surface area (Å²) in [4.78, 5) is 22.8. The van der Waals surface area contributed by atoms with Crippen LogP contribution in [0.15, 0.2) is 59.1 Å². The lowest BCUT2D eigenvalue weighted by Gasteiger charge is -2.39. The smallest absolute Gasteiger partial charge is 0.259 e. The van der Waals surface area contributed by atoms with Crippen molar-refractivity contribution < 1.29 is 14.1 Å². The van der Waals surface area contributed by atoms with Crippen LogP contribution in [-0.4, -0.2) is 71.3 Å². The molecule has 3 heterocycles. The Labute approximate surface area is 188 Å². The summed E-state index contributed by atoms with van der Waals surface area (Å²) in [7, 11) is 0. The third kappa shape index (κ3) is 4.45. The second kappa shape index (κ2) is 9.63. The molecule has 2 fully saturated rings. The van der Waals surface area contributed by atoms with E-state index < -0.39 is 0 Å². The van der Waals surface area contributed by atoms with Crippen LogP contribution >= 0.6 is 0 Å². The number of hydrogen-bond donors (Lipinski definition) is 0. The largest absolute Gasteiger partial charge is 0.379 e. The van der Waals surface area contributed by atoms with Crippen molar-refractivity contribution in [2.45, 2.75) is 25.3 Å². The molecule has 166 valence electrons. The molecule has 0 N–H and O–H groups in total. The van der Waals surface area contributed by atoms with Gasteiger partial charge in [-0.25, -0.2) is 0 Å². The summed E-state index contributed by atoms with van der Waals surface area (Å²) in [5, 5.41) is 4.14. The summed E-state index contributed by atoms with van der Waals surface area (Å²) in [5.74, 6) is 0.929. The van der Waals surface area contributed by atoms with Crippen molar-refractivity contribution in [1.29, 1.82) is 0 Å². The maximum atomic E-state index is 13.7. The van der Waals surface area contributed by atoms with Crippen molar-refractivity contribution in [1.82, 2.24) is 19.9 Å². The van der Waals surface area contributed by atoms with E-state index in [2.05, 4.69) is 15.0 Å². The number of hydrogen-bond acceptors (Lipinski definition) is 6. The van der Waals surface area contributed by atoms with Gasteiger partial charge in [0.1, 0.15) is 0 Å². The van der Waals surface area contributed by atoms with E-state index in [1.165, 1.54) is 0 Å². The number of morpholine rings is 1. The van der Waals surface area contributed by atoms with Gasteiger partial charge in [-0.2, -0.15) is 4.98 Å². The standard InChI is InChI=1S/C25H28N4O3/c30-25(29-13-7-6-10-20(29)18-28-14-16-31-17-15-28)22-12-5-4-11-21(22)24-26-23(27-32-24)19-8-2-1-3-9-19/h1-5,8-9,11-12,20H,6-7,10,13-18H2. The number of amides is 1. The van der Waals surface area contributed by atoms with E-state index in [4.69, 9.17) is 9.26 Å². The maximum absolute atomic E-state index is 13.7. The highest BCUT2D eigenvalue weighted by Gasteiger charge is 2.31. The van der Waals surface area contributed by atoms with Crippen LogP contribution in [0.3, 0.4) is 0 Å². The van der Waals surface area contributed by atoms with Crippen molar-refractivity contribution in [2.24, 2.45) is 0 Å². The highest BCUT2D eigenvalue weighted by molar-refractivity contribution is 6.00. The SMILES string of the molecule is O=C(c1ccccc1-c1nc(-c2ccccc2)no1)N1CCCCC1CN1CCOCC1. The van der Waals surface area contributed by atoms with Gasteiger partial charge < -0.3 is 14.2 Å². The molecule has 2 aromatic carbocycles. The average Bonchev–Trinajstić information content (AvgIpc) is 3.35. The van der Waals surface area contributed by atoms with Crippen LogP contribution < -0.4 is 0 Å². The molecular weight excluding hydrogens is 404 g/mol. The zero-order chi connectivity index (χ0) is 21.8. The Balaban J connectivity index is 1.40. The van der Waals surface area contributed by atoms with Crippen molar-refractivity contribution in [3.63, 3.8) is 0 Å². The average molecular weight is 433 g/mol. The van der Waals surface area contributed by atoms with Crippen molar-refractivity contribution >= 4 is 5.91 Å².